The molecule has 1 aromatic carbocycles. The molecule has 0 saturated carbocycles. The lowest BCUT2D eigenvalue weighted by Gasteiger charge is -2.17. The predicted molar refractivity (Wildman–Crippen MR) is 90.9 cm³/mol. The van der Waals surface area contributed by atoms with Crippen molar-refractivity contribution in [2.45, 2.75) is 19.9 Å². The van der Waals surface area contributed by atoms with E-state index in [0.717, 1.165) is 9.26 Å². The Bertz CT molecular complexity index is 618. The minimum Gasteiger partial charge on any atom is -0.480 e. The summed E-state index contributed by atoms with van der Waals surface area (Å²) in [5, 5.41) is 23.3. The summed E-state index contributed by atoms with van der Waals surface area (Å²) < 4.78 is 1.06. The van der Waals surface area contributed by atoms with Gasteiger partial charge in [0.25, 0.3) is 5.91 Å². The SMILES string of the molecule is CC(C)C(NC(=O)/C(C#N)=C\Nc1ccc(I)cc1)C(=O)O. The number of hydrogen-bond donors (Lipinski definition) is 3. The molecule has 0 heterocycles. The van der Waals surface area contributed by atoms with Gasteiger partial charge in [-0.1, -0.05) is 13.8 Å². The normalized spacial score (nSPS) is 12.4. The molecule has 22 heavy (non-hydrogen) atoms. The summed E-state index contributed by atoms with van der Waals surface area (Å²) in [5.74, 6) is -2.14. The van der Waals surface area contributed by atoms with Gasteiger partial charge >= 0.3 is 5.97 Å². The number of nitriles is 1. The van der Waals surface area contributed by atoms with E-state index in [1.807, 2.05) is 12.1 Å². The number of nitrogens with one attached hydrogen (secondary N) is 2. The van der Waals surface area contributed by atoms with Gasteiger partial charge in [-0.2, -0.15) is 5.26 Å². The Morgan fingerprint density at radius 1 is 1.32 bits per heavy atom. The first-order chi connectivity index (χ1) is 10.3. The first-order valence-electron chi connectivity index (χ1n) is 6.51. The second-order valence-electron chi connectivity index (χ2n) is 4.85. The number of carboxylic acid groups (broad SMARTS) is 1. The Balaban J connectivity index is 2.80. The standard InChI is InChI=1S/C15H16IN3O3/c1-9(2)13(15(21)22)19-14(20)10(7-17)8-18-12-5-3-11(16)4-6-12/h3-6,8-9,13,18H,1-2H3,(H,19,20)(H,21,22)/b10-8-. The van der Waals surface area contributed by atoms with E-state index in [4.69, 9.17) is 10.4 Å². The van der Waals surface area contributed by atoms with E-state index >= 15 is 0 Å². The number of carbonyl (C=O) groups excluding carboxylic acids is 1. The maximum absolute atomic E-state index is 12.0. The molecule has 0 bridgehead atoms. The number of anilines is 1. The van der Waals surface area contributed by atoms with Crippen LogP contribution < -0.4 is 10.6 Å². The molecule has 0 radical (unpaired) electrons. The Morgan fingerprint density at radius 3 is 2.36 bits per heavy atom. The Labute approximate surface area is 142 Å². The number of carbonyl (C=O) groups is 2. The van der Waals surface area contributed by atoms with Crippen LogP contribution in [0.3, 0.4) is 0 Å². The van der Waals surface area contributed by atoms with Crippen molar-refractivity contribution in [2.75, 3.05) is 5.32 Å². The van der Waals surface area contributed by atoms with Crippen molar-refractivity contribution in [3.05, 3.63) is 39.6 Å². The van der Waals surface area contributed by atoms with Gasteiger partial charge in [-0.25, -0.2) is 4.79 Å². The van der Waals surface area contributed by atoms with Crippen LogP contribution in [0.4, 0.5) is 5.69 Å². The van der Waals surface area contributed by atoms with Crippen LogP contribution in [-0.4, -0.2) is 23.0 Å². The average molecular weight is 413 g/mol. The maximum atomic E-state index is 12.0. The second-order valence-corrected chi connectivity index (χ2v) is 6.10. The molecule has 1 rings (SSSR count). The van der Waals surface area contributed by atoms with Gasteiger partial charge in [-0.3, -0.25) is 4.79 Å². The number of rotatable bonds is 6. The molecular formula is C15H16IN3O3. The van der Waals surface area contributed by atoms with E-state index in [-0.39, 0.29) is 11.5 Å². The van der Waals surface area contributed by atoms with Crippen molar-refractivity contribution in [3.8, 4) is 6.07 Å². The number of carboxylic acids is 1. The summed E-state index contributed by atoms with van der Waals surface area (Å²) in [6.45, 7) is 3.36. The van der Waals surface area contributed by atoms with E-state index in [9.17, 15) is 9.59 Å². The van der Waals surface area contributed by atoms with Crippen molar-refractivity contribution in [2.24, 2.45) is 5.92 Å². The molecule has 1 unspecified atom stereocenters. The molecule has 1 aromatic rings. The van der Waals surface area contributed by atoms with Crippen LogP contribution >= 0.6 is 22.6 Å². The highest BCUT2D eigenvalue weighted by atomic mass is 127. The minimum absolute atomic E-state index is 0.189. The molecule has 0 aliphatic heterocycles. The molecule has 0 saturated heterocycles. The van der Waals surface area contributed by atoms with Gasteiger partial charge < -0.3 is 15.7 Å². The van der Waals surface area contributed by atoms with E-state index in [1.165, 1.54) is 6.20 Å². The van der Waals surface area contributed by atoms with Crippen LogP contribution in [0, 0.1) is 20.8 Å². The summed E-state index contributed by atoms with van der Waals surface area (Å²) in [4.78, 5) is 23.0. The summed E-state index contributed by atoms with van der Waals surface area (Å²) in [5.41, 5.74) is 0.532. The van der Waals surface area contributed by atoms with Crippen LogP contribution in [0.1, 0.15) is 13.8 Å². The maximum Gasteiger partial charge on any atom is 0.326 e. The third-order valence-corrected chi connectivity index (χ3v) is 3.53. The minimum atomic E-state index is -1.13. The van der Waals surface area contributed by atoms with E-state index in [0.29, 0.717) is 0 Å². The fourth-order valence-electron chi connectivity index (χ4n) is 1.58. The smallest absolute Gasteiger partial charge is 0.326 e. The number of nitrogens with zero attached hydrogens (tertiary/aromatic N) is 1. The molecular weight excluding hydrogens is 397 g/mol. The predicted octanol–water partition coefficient (Wildman–Crippen LogP) is 2.34. The summed E-state index contributed by atoms with van der Waals surface area (Å²) in [6, 6.07) is 8.08. The van der Waals surface area contributed by atoms with Gasteiger partial charge in [0.2, 0.25) is 0 Å². The number of benzene rings is 1. The second kappa shape index (κ2) is 8.38. The first-order valence-corrected chi connectivity index (χ1v) is 7.59. The summed E-state index contributed by atoms with van der Waals surface area (Å²) in [7, 11) is 0. The van der Waals surface area contributed by atoms with E-state index in [1.54, 1.807) is 32.0 Å². The molecule has 0 aliphatic carbocycles. The Morgan fingerprint density at radius 2 is 1.91 bits per heavy atom. The lowest BCUT2D eigenvalue weighted by atomic mass is 10.0. The average Bonchev–Trinajstić information content (AvgIpc) is 2.46. The quantitative estimate of drug-likeness (QED) is 0.378. The van der Waals surface area contributed by atoms with Crippen LogP contribution in [0.2, 0.25) is 0 Å². The highest BCUT2D eigenvalue weighted by Gasteiger charge is 2.24. The van der Waals surface area contributed by atoms with Crippen molar-refractivity contribution in [3.63, 3.8) is 0 Å². The zero-order valence-electron chi connectivity index (χ0n) is 12.1. The highest BCUT2D eigenvalue weighted by molar-refractivity contribution is 14.1. The number of amides is 1. The Kier molecular flexibility index (Phi) is 6.85. The monoisotopic (exact) mass is 413 g/mol. The lowest BCUT2D eigenvalue weighted by molar-refractivity contribution is -0.142. The number of hydrogen-bond acceptors (Lipinski definition) is 4. The van der Waals surface area contributed by atoms with Crippen LogP contribution in [0.25, 0.3) is 0 Å². The molecule has 1 atom stereocenters. The summed E-state index contributed by atoms with van der Waals surface area (Å²) in [6.07, 6.45) is 1.26. The third kappa shape index (κ3) is 5.37. The largest absolute Gasteiger partial charge is 0.480 e. The van der Waals surface area contributed by atoms with E-state index in [2.05, 4.69) is 33.2 Å². The molecule has 3 N–H and O–H groups in total. The topological polar surface area (TPSA) is 102 Å². The van der Waals surface area contributed by atoms with Crippen molar-refractivity contribution in [1.82, 2.24) is 5.32 Å². The molecule has 0 spiro atoms. The highest BCUT2D eigenvalue weighted by Crippen LogP contribution is 2.11. The third-order valence-electron chi connectivity index (χ3n) is 2.81. The van der Waals surface area contributed by atoms with Crippen LogP contribution in [0.15, 0.2) is 36.0 Å². The van der Waals surface area contributed by atoms with Gasteiger partial charge in [0.1, 0.15) is 17.7 Å². The molecule has 0 fully saturated rings. The van der Waals surface area contributed by atoms with Crippen molar-refractivity contribution >= 4 is 40.2 Å². The Hall–Kier alpha value is -2.08. The molecule has 0 aliphatic rings. The fraction of sp³-hybridized carbons (Fsp3) is 0.267. The molecule has 116 valence electrons. The number of aliphatic carboxylic acids is 1. The number of halogens is 1. The lowest BCUT2D eigenvalue weighted by Crippen LogP contribution is -2.44. The zero-order valence-corrected chi connectivity index (χ0v) is 14.3. The van der Waals surface area contributed by atoms with Crippen molar-refractivity contribution in [1.29, 1.82) is 5.26 Å². The fourth-order valence-corrected chi connectivity index (χ4v) is 1.94. The van der Waals surface area contributed by atoms with Gasteiger partial charge in [0.05, 0.1) is 0 Å². The van der Waals surface area contributed by atoms with Gasteiger partial charge in [0.15, 0.2) is 0 Å². The molecule has 7 heteroatoms. The van der Waals surface area contributed by atoms with Crippen molar-refractivity contribution < 1.29 is 14.7 Å². The molecule has 6 nitrogen and oxygen atoms in total. The van der Waals surface area contributed by atoms with Gasteiger partial charge in [0, 0.05) is 15.5 Å². The van der Waals surface area contributed by atoms with Crippen LogP contribution in [0.5, 0.6) is 0 Å². The molecule has 0 aromatic heterocycles. The van der Waals surface area contributed by atoms with E-state index < -0.39 is 17.9 Å². The van der Waals surface area contributed by atoms with Gasteiger partial charge in [-0.05, 0) is 52.8 Å². The van der Waals surface area contributed by atoms with Crippen LogP contribution in [-0.2, 0) is 9.59 Å². The first kappa shape index (κ1) is 18.0. The van der Waals surface area contributed by atoms with Gasteiger partial charge in [-0.15, -0.1) is 0 Å². The zero-order chi connectivity index (χ0) is 16.7. The molecule has 1 amide bonds. The summed E-state index contributed by atoms with van der Waals surface area (Å²) >= 11 is 2.17.